The van der Waals surface area contributed by atoms with Crippen LogP contribution in [0.15, 0.2) is 0 Å². The summed E-state index contributed by atoms with van der Waals surface area (Å²) >= 11 is 0. The second-order valence-corrected chi connectivity index (χ2v) is 2.80. The van der Waals surface area contributed by atoms with Crippen LogP contribution in [0.25, 0.3) is 0 Å². The van der Waals surface area contributed by atoms with E-state index in [2.05, 4.69) is 5.32 Å². The Morgan fingerprint density at radius 1 is 1.57 bits per heavy atom. The molecule has 1 amide bonds. The summed E-state index contributed by atoms with van der Waals surface area (Å²) in [6.07, 6.45) is -2.49. The first-order valence-electron chi connectivity index (χ1n) is 4.48. The topological polar surface area (TPSA) is 52.6 Å². The first-order valence-corrected chi connectivity index (χ1v) is 4.48. The summed E-state index contributed by atoms with van der Waals surface area (Å²) in [6.45, 7) is 1.49. The standard InChI is InChI=1S/C8H16F2N2O2/c1-2-11-8(14)6-12(3-4-13)5-7(9)10/h7,13H,2-6H2,1H3,(H,11,14). The molecule has 0 aliphatic carbocycles. The van der Waals surface area contributed by atoms with Crippen LogP contribution in [0.3, 0.4) is 0 Å². The Morgan fingerprint density at radius 3 is 2.64 bits per heavy atom. The van der Waals surface area contributed by atoms with Crippen molar-refractivity contribution in [3.63, 3.8) is 0 Å². The Balaban J connectivity index is 3.88. The Morgan fingerprint density at radius 2 is 2.21 bits per heavy atom. The fourth-order valence-electron chi connectivity index (χ4n) is 1.03. The molecular formula is C8H16F2N2O2. The zero-order valence-electron chi connectivity index (χ0n) is 8.17. The molecule has 4 nitrogen and oxygen atoms in total. The Bertz CT molecular complexity index is 167. The normalized spacial score (nSPS) is 11.0. The van der Waals surface area contributed by atoms with E-state index in [9.17, 15) is 13.6 Å². The number of carbonyl (C=O) groups excluding carboxylic acids is 1. The second-order valence-electron chi connectivity index (χ2n) is 2.80. The van der Waals surface area contributed by atoms with Crippen LogP contribution in [0.4, 0.5) is 8.78 Å². The van der Waals surface area contributed by atoms with E-state index in [1.165, 1.54) is 4.90 Å². The summed E-state index contributed by atoms with van der Waals surface area (Å²) < 4.78 is 24.0. The lowest BCUT2D eigenvalue weighted by Crippen LogP contribution is -2.40. The zero-order chi connectivity index (χ0) is 11.0. The number of aliphatic hydroxyl groups is 1. The van der Waals surface area contributed by atoms with Gasteiger partial charge in [0, 0.05) is 13.1 Å². The van der Waals surface area contributed by atoms with Gasteiger partial charge in [-0.15, -0.1) is 0 Å². The van der Waals surface area contributed by atoms with Gasteiger partial charge in [-0.3, -0.25) is 9.69 Å². The van der Waals surface area contributed by atoms with Crippen LogP contribution in [0.1, 0.15) is 6.92 Å². The van der Waals surface area contributed by atoms with E-state index < -0.39 is 13.0 Å². The highest BCUT2D eigenvalue weighted by Gasteiger charge is 2.14. The molecular weight excluding hydrogens is 194 g/mol. The van der Waals surface area contributed by atoms with Gasteiger partial charge in [0.1, 0.15) is 0 Å². The van der Waals surface area contributed by atoms with Gasteiger partial charge in [0.05, 0.1) is 19.7 Å². The van der Waals surface area contributed by atoms with E-state index in [4.69, 9.17) is 5.11 Å². The zero-order valence-corrected chi connectivity index (χ0v) is 8.17. The van der Waals surface area contributed by atoms with Crippen molar-refractivity contribution in [3.8, 4) is 0 Å². The van der Waals surface area contributed by atoms with Gasteiger partial charge < -0.3 is 10.4 Å². The van der Waals surface area contributed by atoms with Crippen LogP contribution in [0, 0.1) is 0 Å². The Labute approximate surface area is 81.9 Å². The van der Waals surface area contributed by atoms with Crippen LogP contribution >= 0.6 is 0 Å². The smallest absolute Gasteiger partial charge is 0.251 e. The maximum atomic E-state index is 12.0. The maximum absolute atomic E-state index is 12.0. The lowest BCUT2D eigenvalue weighted by molar-refractivity contribution is -0.122. The van der Waals surface area contributed by atoms with E-state index in [1.54, 1.807) is 6.92 Å². The number of alkyl halides is 2. The molecule has 0 aliphatic rings. The first kappa shape index (κ1) is 13.2. The fraction of sp³-hybridized carbons (Fsp3) is 0.875. The van der Waals surface area contributed by atoms with Crippen LogP contribution in [-0.2, 0) is 4.79 Å². The number of likely N-dealkylation sites (N-methyl/N-ethyl adjacent to an activating group) is 1. The number of aliphatic hydroxyl groups excluding tert-OH is 1. The van der Waals surface area contributed by atoms with Gasteiger partial charge in [0.2, 0.25) is 5.91 Å². The number of carbonyl (C=O) groups is 1. The van der Waals surface area contributed by atoms with Crippen LogP contribution < -0.4 is 5.32 Å². The van der Waals surface area contributed by atoms with Crippen LogP contribution in [0.5, 0.6) is 0 Å². The van der Waals surface area contributed by atoms with Crippen LogP contribution in [-0.4, -0.2) is 55.1 Å². The first-order chi connectivity index (χ1) is 6.60. The van der Waals surface area contributed by atoms with E-state index in [0.29, 0.717) is 6.54 Å². The number of nitrogens with one attached hydrogen (secondary N) is 1. The molecule has 84 valence electrons. The van der Waals surface area contributed by atoms with Gasteiger partial charge in [0.25, 0.3) is 6.43 Å². The summed E-state index contributed by atoms with van der Waals surface area (Å²) in [5, 5.41) is 11.1. The van der Waals surface area contributed by atoms with Gasteiger partial charge in [0.15, 0.2) is 0 Å². The molecule has 0 aromatic rings. The SMILES string of the molecule is CCNC(=O)CN(CCO)CC(F)F. The number of hydrogen-bond acceptors (Lipinski definition) is 3. The molecule has 0 rings (SSSR count). The monoisotopic (exact) mass is 210 g/mol. The van der Waals surface area contributed by atoms with Crippen LogP contribution in [0.2, 0.25) is 0 Å². The quantitative estimate of drug-likeness (QED) is 0.605. The van der Waals surface area contributed by atoms with E-state index >= 15 is 0 Å². The van der Waals surface area contributed by atoms with Crippen molar-refractivity contribution in [1.29, 1.82) is 0 Å². The van der Waals surface area contributed by atoms with Crippen molar-refractivity contribution < 1.29 is 18.7 Å². The minimum Gasteiger partial charge on any atom is -0.395 e. The van der Waals surface area contributed by atoms with Crippen molar-refractivity contribution in [2.45, 2.75) is 13.3 Å². The van der Waals surface area contributed by atoms with E-state index in [-0.39, 0.29) is 25.6 Å². The van der Waals surface area contributed by atoms with Gasteiger partial charge in [-0.2, -0.15) is 0 Å². The highest BCUT2D eigenvalue weighted by molar-refractivity contribution is 5.77. The molecule has 0 unspecified atom stereocenters. The molecule has 2 N–H and O–H groups in total. The molecule has 0 atom stereocenters. The largest absolute Gasteiger partial charge is 0.395 e. The number of hydrogen-bond donors (Lipinski definition) is 2. The molecule has 0 radical (unpaired) electrons. The predicted molar refractivity (Wildman–Crippen MR) is 48.2 cm³/mol. The molecule has 0 saturated carbocycles. The highest BCUT2D eigenvalue weighted by atomic mass is 19.3. The molecule has 0 saturated heterocycles. The summed E-state index contributed by atoms with van der Waals surface area (Å²) in [7, 11) is 0. The van der Waals surface area contributed by atoms with Crippen molar-refractivity contribution in [2.24, 2.45) is 0 Å². The average Bonchev–Trinajstić information content (AvgIpc) is 2.03. The summed E-state index contributed by atoms with van der Waals surface area (Å²) in [5.41, 5.74) is 0. The fourth-order valence-corrected chi connectivity index (χ4v) is 1.03. The van der Waals surface area contributed by atoms with Crippen molar-refractivity contribution >= 4 is 5.91 Å². The third-order valence-electron chi connectivity index (χ3n) is 1.55. The summed E-state index contributed by atoms with van der Waals surface area (Å²) in [6, 6.07) is 0. The molecule has 0 aromatic heterocycles. The Kier molecular flexibility index (Phi) is 7.23. The van der Waals surface area contributed by atoms with Crippen molar-refractivity contribution in [3.05, 3.63) is 0 Å². The second kappa shape index (κ2) is 7.64. The lowest BCUT2D eigenvalue weighted by atomic mass is 10.4. The molecule has 0 fully saturated rings. The molecule has 0 spiro atoms. The number of nitrogens with zero attached hydrogens (tertiary/aromatic N) is 1. The van der Waals surface area contributed by atoms with E-state index in [1.807, 2.05) is 0 Å². The summed E-state index contributed by atoms with van der Waals surface area (Å²) in [4.78, 5) is 12.2. The maximum Gasteiger partial charge on any atom is 0.251 e. The predicted octanol–water partition coefficient (Wildman–Crippen LogP) is -0.318. The summed E-state index contributed by atoms with van der Waals surface area (Å²) in [5.74, 6) is -0.304. The average molecular weight is 210 g/mol. The molecule has 0 bridgehead atoms. The van der Waals surface area contributed by atoms with Gasteiger partial charge in [-0.05, 0) is 6.92 Å². The molecule has 0 heterocycles. The number of halogens is 2. The van der Waals surface area contributed by atoms with Gasteiger partial charge in [-0.1, -0.05) is 0 Å². The van der Waals surface area contributed by atoms with Crippen molar-refractivity contribution in [2.75, 3.05) is 32.8 Å². The highest BCUT2D eigenvalue weighted by Crippen LogP contribution is 1.97. The van der Waals surface area contributed by atoms with Crippen molar-refractivity contribution in [1.82, 2.24) is 10.2 Å². The van der Waals surface area contributed by atoms with E-state index in [0.717, 1.165) is 0 Å². The lowest BCUT2D eigenvalue weighted by Gasteiger charge is -2.19. The van der Waals surface area contributed by atoms with Gasteiger partial charge in [-0.25, -0.2) is 8.78 Å². The third kappa shape index (κ3) is 6.73. The Hall–Kier alpha value is -0.750. The van der Waals surface area contributed by atoms with Gasteiger partial charge >= 0.3 is 0 Å². The molecule has 0 aliphatic heterocycles. The molecule has 0 aromatic carbocycles. The minimum atomic E-state index is -2.49. The molecule has 14 heavy (non-hydrogen) atoms. The third-order valence-corrected chi connectivity index (χ3v) is 1.55. The number of rotatable bonds is 7. The number of amides is 1. The minimum absolute atomic E-state index is 0.0848. The molecule has 6 heteroatoms.